The minimum Gasteiger partial charge on any atom is -0.370 e. The van der Waals surface area contributed by atoms with Crippen LogP contribution in [0.25, 0.3) is 0 Å². The van der Waals surface area contributed by atoms with E-state index in [4.69, 9.17) is 11.6 Å². The van der Waals surface area contributed by atoms with E-state index in [1.807, 2.05) is 13.8 Å². The van der Waals surface area contributed by atoms with Gasteiger partial charge in [-0.15, -0.1) is 0 Å². The zero-order chi connectivity index (χ0) is 14.6. The summed E-state index contributed by atoms with van der Waals surface area (Å²) in [5, 5.41) is 6.39. The van der Waals surface area contributed by atoms with Crippen LogP contribution in [0.2, 0.25) is 5.02 Å². The van der Waals surface area contributed by atoms with Crippen LogP contribution in [0.4, 0.5) is 5.82 Å². The fourth-order valence-electron chi connectivity index (χ4n) is 1.38. The van der Waals surface area contributed by atoms with Crippen LogP contribution in [0.15, 0.2) is 12.3 Å². The fourth-order valence-corrected chi connectivity index (χ4v) is 1.57. The molecule has 2 N–H and O–H groups in total. The van der Waals surface area contributed by atoms with Gasteiger partial charge in [0.05, 0.1) is 10.6 Å². The first-order valence-electron chi connectivity index (χ1n) is 6.46. The molecule has 106 valence electrons. The Morgan fingerprint density at radius 2 is 2.11 bits per heavy atom. The second-order valence-electron chi connectivity index (χ2n) is 5.64. The number of rotatable bonds is 4. The van der Waals surface area contributed by atoms with Crippen molar-refractivity contribution in [3.05, 3.63) is 22.8 Å². The summed E-state index contributed by atoms with van der Waals surface area (Å²) in [6.45, 7) is 10.9. The predicted molar refractivity (Wildman–Crippen MR) is 79.8 cm³/mol. The molecular weight excluding hydrogens is 262 g/mol. The van der Waals surface area contributed by atoms with Crippen molar-refractivity contribution < 1.29 is 4.79 Å². The molecule has 1 heterocycles. The topological polar surface area (TPSA) is 54.0 Å². The van der Waals surface area contributed by atoms with E-state index in [0.29, 0.717) is 16.4 Å². The standard InChI is InChI=1S/C14H22ClN3O/c1-6-16-12-7-10(11(15)8-17-12)13(19)18-9(2)14(3,4)5/h7-9H,6H2,1-5H3,(H,16,17)(H,18,19). The predicted octanol–water partition coefficient (Wildman–Crippen LogP) is 3.33. The van der Waals surface area contributed by atoms with Gasteiger partial charge in [0, 0.05) is 18.8 Å². The maximum Gasteiger partial charge on any atom is 0.253 e. The highest BCUT2D eigenvalue weighted by Crippen LogP contribution is 2.21. The van der Waals surface area contributed by atoms with Gasteiger partial charge >= 0.3 is 0 Å². The lowest BCUT2D eigenvalue weighted by Gasteiger charge is -2.28. The van der Waals surface area contributed by atoms with Crippen molar-refractivity contribution in [2.24, 2.45) is 5.41 Å². The number of halogens is 1. The molecular formula is C14H22ClN3O. The first-order valence-corrected chi connectivity index (χ1v) is 6.83. The molecule has 0 spiro atoms. The molecule has 0 bridgehead atoms. The summed E-state index contributed by atoms with van der Waals surface area (Å²) in [5.41, 5.74) is 0.448. The summed E-state index contributed by atoms with van der Waals surface area (Å²) in [6, 6.07) is 1.73. The van der Waals surface area contributed by atoms with E-state index in [2.05, 4.69) is 36.4 Å². The molecule has 1 atom stereocenters. The summed E-state index contributed by atoms with van der Waals surface area (Å²) in [4.78, 5) is 16.3. The largest absolute Gasteiger partial charge is 0.370 e. The van der Waals surface area contributed by atoms with Crippen molar-refractivity contribution in [3.63, 3.8) is 0 Å². The highest BCUT2D eigenvalue weighted by Gasteiger charge is 2.23. The van der Waals surface area contributed by atoms with Crippen molar-refractivity contribution >= 4 is 23.3 Å². The van der Waals surface area contributed by atoms with Crippen LogP contribution >= 0.6 is 11.6 Å². The maximum atomic E-state index is 12.2. The average molecular weight is 284 g/mol. The molecule has 0 aromatic carbocycles. The molecule has 1 aromatic rings. The Kier molecular flexibility index (Phi) is 5.18. The molecule has 0 radical (unpaired) electrons. The van der Waals surface area contributed by atoms with E-state index in [9.17, 15) is 4.79 Å². The summed E-state index contributed by atoms with van der Waals surface area (Å²) < 4.78 is 0. The number of hydrogen-bond acceptors (Lipinski definition) is 3. The highest BCUT2D eigenvalue weighted by molar-refractivity contribution is 6.33. The van der Waals surface area contributed by atoms with Crippen LogP contribution in [-0.2, 0) is 0 Å². The van der Waals surface area contributed by atoms with Crippen LogP contribution in [0.5, 0.6) is 0 Å². The molecule has 0 aliphatic rings. The number of pyridine rings is 1. The zero-order valence-corrected chi connectivity index (χ0v) is 12.9. The summed E-state index contributed by atoms with van der Waals surface area (Å²) in [6.07, 6.45) is 1.50. The van der Waals surface area contributed by atoms with E-state index in [0.717, 1.165) is 6.54 Å². The van der Waals surface area contributed by atoms with Crippen LogP contribution in [0.1, 0.15) is 45.0 Å². The van der Waals surface area contributed by atoms with E-state index in [1.165, 1.54) is 6.20 Å². The number of nitrogens with zero attached hydrogens (tertiary/aromatic N) is 1. The van der Waals surface area contributed by atoms with Crippen LogP contribution < -0.4 is 10.6 Å². The van der Waals surface area contributed by atoms with Gasteiger partial charge in [-0.05, 0) is 25.3 Å². The van der Waals surface area contributed by atoms with Crippen molar-refractivity contribution in [2.45, 2.75) is 40.7 Å². The third kappa shape index (κ3) is 4.39. The van der Waals surface area contributed by atoms with Gasteiger partial charge < -0.3 is 10.6 Å². The Balaban J connectivity index is 2.90. The van der Waals surface area contributed by atoms with Crippen molar-refractivity contribution in [1.82, 2.24) is 10.3 Å². The summed E-state index contributed by atoms with van der Waals surface area (Å²) in [5.74, 6) is 0.481. The lowest BCUT2D eigenvalue weighted by atomic mass is 9.88. The van der Waals surface area contributed by atoms with E-state index >= 15 is 0 Å². The average Bonchev–Trinajstić information content (AvgIpc) is 2.30. The van der Waals surface area contributed by atoms with Crippen molar-refractivity contribution in [1.29, 1.82) is 0 Å². The summed E-state index contributed by atoms with van der Waals surface area (Å²) in [7, 11) is 0. The molecule has 19 heavy (non-hydrogen) atoms. The lowest BCUT2D eigenvalue weighted by Crippen LogP contribution is -2.41. The minimum atomic E-state index is -0.172. The third-order valence-electron chi connectivity index (χ3n) is 3.10. The first-order chi connectivity index (χ1) is 8.75. The van der Waals surface area contributed by atoms with E-state index in [-0.39, 0.29) is 17.4 Å². The summed E-state index contributed by atoms with van der Waals surface area (Å²) >= 11 is 6.04. The van der Waals surface area contributed by atoms with Crippen LogP contribution in [0, 0.1) is 5.41 Å². The Labute approximate surface area is 120 Å². The monoisotopic (exact) mass is 283 g/mol. The molecule has 5 heteroatoms. The number of anilines is 1. The minimum absolute atomic E-state index is 0.000332. The van der Waals surface area contributed by atoms with Crippen molar-refractivity contribution in [3.8, 4) is 0 Å². The third-order valence-corrected chi connectivity index (χ3v) is 3.41. The van der Waals surface area contributed by atoms with Gasteiger partial charge in [-0.25, -0.2) is 4.98 Å². The molecule has 0 aliphatic heterocycles. The lowest BCUT2D eigenvalue weighted by molar-refractivity contribution is 0.0910. The Morgan fingerprint density at radius 1 is 1.47 bits per heavy atom. The number of amides is 1. The smallest absolute Gasteiger partial charge is 0.253 e. The number of aromatic nitrogens is 1. The molecule has 0 fully saturated rings. The van der Waals surface area contributed by atoms with Gasteiger partial charge in [-0.1, -0.05) is 32.4 Å². The molecule has 0 saturated carbocycles. The van der Waals surface area contributed by atoms with Gasteiger partial charge in [-0.3, -0.25) is 4.79 Å². The van der Waals surface area contributed by atoms with Gasteiger partial charge in [0.25, 0.3) is 5.91 Å². The van der Waals surface area contributed by atoms with E-state index < -0.39 is 0 Å². The Hall–Kier alpha value is -1.29. The van der Waals surface area contributed by atoms with Crippen LogP contribution in [0.3, 0.4) is 0 Å². The zero-order valence-electron chi connectivity index (χ0n) is 12.2. The molecule has 4 nitrogen and oxygen atoms in total. The van der Waals surface area contributed by atoms with Gasteiger partial charge in [0.15, 0.2) is 0 Å². The number of hydrogen-bond donors (Lipinski definition) is 2. The van der Waals surface area contributed by atoms with E-state index in [1.54, 1.807) is 6.07 Å². The molecule has 1 unspecified atom stereocenters. The van der Waals surface area contributed by atoms with Crippen molar-refractivity contribution in [2.75, 3.05) is 11.9 Å². The molecule has 0 saturated heterocycles. The Bertz CT molecular complexity index is 454. The fraction of sp³-hybridized carbons (Fsp3) is 0.571. The number of carbonyl (C=O) groups excluding carboxylic acids is 1. The Morgan fingerprint density at radius 3 is 2.63 bits per heavy atom. The number of nitrogens with one attached hydrogen (secondary N) is 2. The molecule has 1 rings (SSSR count). The number of carbonyl (C=O) groups is 1. The molecule has 1 aromatic heterocycles. The highest BCUT2D eigenvalue weighted by atomic mass is 35.5. The second kappa shape index (κ2) is 6.24. The van der Waals surface area contributed by atoms with Gasteiger partial charge in [0.2, 0.25) is 0 Å². The SMILES string of the molecule is CCNc1cc(C(=O)NC(C)C(C)(C)C)c(Cl)cn1. The second-order valence-corrected chi connectivity index (χ2v) is 6.05. The first kappa shape index (κ1) is 15.8. The maximum absolute atomic E-state index is 12.2. The normalized spacial score (nSPS) is 12.9. The molecule has 1 amide bonds. The van der Waals surface area contributed by atoms with Gasteiger partial charge in [-0.2, -0.15) is 0 Å². The molecule has 0 aliphatic carbocycles. The van der Waals surface area contributed by atoms with Crippen LogP contribution in [-0.4, -0.2) is 23.5 Å². The van der Waals surface area contributed by atoms with Gasteiger partial charge in [0.1, 0.15) is 5.82 Å². The quantitative estimate of drug-likeness (QED) is 0.891.